The van der Waals surface area contributed by atoms with Crippen molar-refractivity contribution in [2.45, 2.75) is 39.0 Å². The van der Waals surface area contributed by atoms with E-state index in [1.165, 1.54) is 59.2 Å². The molecule has 0 aliphatic rings. The number of allylic oxidation sites excluding steroid dienone is 1. The van der Waals surface area contributed by atoms with Gasteiger partial charge in [0.05, 0.1) is 0 Å². The molecular formula is C22H24. The molecule has 0 nitrogen and oxygen atoms in total. The SMILES string of the molecule is CCCCCCC=Cc1cccc2cc3ccccc3cc12. The lowest BCUT2D eigenvalue weighted by molar-refractivity contribution is 0.675. The summed E-state index contributed by atoms with van der Waals surface area (Å²) >= 11 is 0. The summed E-state index contributed by atoms with van der Waals surface area (Å²) in [4.78, 5) is 0. The molecule has 0 saturated heterocycles. The second-order valence-electron chi connectivity index (χ2n) is 6.02. The third-order valence-corrected chi connectivity index (χ3v) is 4.30. The van der Waals surface area contributed by atoms with Crippen LogP contribution in [0.15, 0.2) is 60.7 Å². The van der Waals surface area contributed by atoms with E-state index in [2.05, 4.69) is 73.7 Å². The van der Waals surface area contributed by atoms with Crippen molar-refractivity contribution >= 4 is 27.6 Å². The smallest absolute Gasteiger partial charge is 0.0105 e. The van der Waals surface area contributed by atoms with Gasteiger partial charge < -0.3 is 0 Å². The first-order chi connectivity index (χ1) is 10.9. The molecule has 0 spiro atoms. The maximum Gasteiger partial charge on any atom is -0.0105 e. The summed E-state index contributed by atoms with van der Waals surface area (Å²) < 4.78 is 0. The van der Waals surface area contributed by atoms with E-state index in [1.54, 1.807) is 0 Å². The Bertz CT molecular complexity index is 780. The summed E-state index contributed by atoms with van der Waals surface area (Å²) in [6, 6.07) is 19.8. The number of benzene rings is 3. The highest BCUT2D eigenvalue weighted by Crippen LogP contribution is 2.26. The van der Waals surface area contributed by atoms with E-state index in [9.17, 15) is 0 Å². The molecule has 0 radical (unpaired) electrons. The first kappa shape index (κ1) is 14.8. The van der Waals surface area contributed by atoms with Crippen molar-refractivity contribution in [1.82, 2.24) is 0 Å². The van der Waals surface area contributed by atoms with Crippen LogP contribution in [-0.2, 0) is 0 Å². The maximum absolute atomic E-state index is 2.33. The van der Waals surface area contributed by atoms with Crippen LogP contribution in [0.2, 0.25) is 0 Å². The zero-order valence-electron chi connectivity index (χ0n) is 13.4. The molecule has 0 fully saturated rings. The van der Waals surface area contributed by atoms with Crippen LogP contribution >= 0.6 is 0 Å². The summed E-state index contributed by atoms with van der Waals surface area (Å²) in [5, 5.41) is 5.31. The lowest BCUT2D eigenvalue weighted by Crippen LogP contribution is -1.80. The molecule has 112 valence electrons. The van der Waals surface area contributed by atoms with Crippen LogP contribution < -0.4 is 0 Å². The van der Waals surface area contributed by atoms with Crippen LogP contribution in [0.3, 0.4) is 0 Å². The van der Waals surface area contributed by atoms with Crippen molar-refractivity contribution in [2.75, 3.05) is 0 Å². The van der Waals surface area contributed by atoms with Crippen molar-refractivity contribution in [1.29, 1.82) is 0 Å². The van der Waals surface area contributed by atoms with Crippen LogP contribution in [0.1, 0.15) is 44.6 Å². The minimum absolute atomic E-state index is 1.18. The van der Waals surface area contributed by atoms with Crippen molar-refractivity contribution in [3.8, 4) is 0 Å². The van der Waals surface area contributed by atoms with Crippen molar-refractivity contribution in [3.63, 3.8) is 0 Å². The second kappa shape index (κ2) is 7.26. The van der Waals surface area contributed by atoms with E-state index < -0.39 is 0 Å². The summed E-state index contributed by atoms with van der Waals surface area (Å²) in [5.41, 5.74) is 1.33. The van der Waals surface area contributed by atoms with Crippen LogP contribution in [0.25, 0.3) is 27.6 Å². The number of rotatable bonds is 6. The lowest BCUT2D eigenvalue weighted by Gasteiger charge is -2.05. The molecule has 0 aliphatic heterocycles. The van der Waals surface area contributed by atoms with E-state index in [4.69, 9.17) is 0 Å². The van der Waals surface area contributed by atoms with Crippen molar-refractivity contribution in [2.24, 2.45) is 0 Å². The normalized spacial score (nSPS) is 11.7. The van der Waals surface area contributed by atoms with Gasteiger partial charge in [-0.05, 0) is 52.1 Å². The average molecular weight is 288 g/mol. The molecule has 0 unspecified atom stereocenters. The van der Waals surface area contributed by atoms with Crippen LogP contribution in [0.5, 0.6) is 0 Å². The topological polar surface area (TPSA) is 0 Å². The van der Waals surface area contributed by atoms with Gasteiger partial charge in [-0.3, -0.25) is 0 Å². The largest absolute Gasteiger partial charge is 0.0839 e. The summed E-state index contributed by atoms with van der Waals surface area (Å²) in [7, 11) is 0. The van der Waals surface area contributed by atoms with Crippen LogP contribution in [0, 0.1) is 0 Å². The lowest BCUT2D eigenvalue weighted by atomic mass is 9.99. The number of fused-ring (bicyclic) bond motifs is 2. The Kier molecular flexibility index (Phi) is 4.90. The minimum Gasteiger partial charge on any atom is -0.0839 e. The molecule has 0 N–H and O–H groups in total. The van der Waals surface area contributed by atoms with Gasteiger partial charge in [-0.1, -0.05) is 80.8 Å². The average Bonchev–Trinajstić information content (AvgIpc) is 2.56. The molecule has 0 aromatic heterocycles. The molecule has 22 heavy (non-hydrogen) atoms. The summed E-state index contributed by atoms with van der Waals surface area (Å²) in [6.07, 6.45) is 11.1. The monoisotopic (exact) mass is 288 g/mol. The first-order valence-corrected chi connectivity index (χ1v) is 8.46. The highest BCUT2D eigenvalue weighted by Gasteiger charge is 2.00. The van der Waals surface area contributed by atoms with E-state index >= 15 is 0 Å². The van der Waals surface area contributed by atoms with Gasteiger partial charge in [0.2, 0.25) is 0 Å². The highest BCUT2D eigenvalue weighted by atomic mass is 14.0. The zero-order valence-corrected chi connectivity index (χ0v) is 13.4. The molecule has 0 aliphatic carbocycles. The Hall–Kier alpha value is -2.08. The van der Waals surface area contributed by atoms with Gasteiger partial charge in [-0.25, -0.2) is 0 Å². The molecule has 3 aromatic carbocycles. The van der Waals surface area contributed by atoms with Crippen molar-refractivity contribution in [3.05, 3.63) is 66.2 Å². The van der Waals surface area contributed by atoms with E-state index in [0.717, 1.165) is 0 Å². The second-order valence-corrected chi connectivity index (χ2v) is 6.02. The summed E-state index contributed by atoms with van der Waals surface area (Å²) in [5.74, 6) is 0. The molecule has 3 aromatic rings. The Morgan fingerprint density at radius 1 is 0.773 bits per heavy atom. The number of hydrogen-bond acceptors (Lipinski definition) is 0. The van der Waals surface area contributed by atoms with Gasteiger partial charge in [-0.15, -0.1) is 0 Å². The molecule has 0 heterocycles. The maximum atomic E-state index is 2.33. The minimum atomic E-state index is 1.18. The third kappa shape index (κ3) is 3.39. The van der Waals surface area contributed by atoms with E-state index in [1.807, 2.05) is 0 Å². The molecule has 0 bridgehead atoms. The third-order valence-electron chi connectivity index (χ3n) is 4.30. The van der Waals surface area contributed by atoms with Gasteiger partial charge in [0.1, 0.15) is 0 Å². The van der Waals surface area contributed by atoms with Gasteiger partial charge in [0.15, 0.2) is 0 Å². The fourth-order valence-corrected chi connectivity index (χ4v) is 3.04. The Balaban J connectivity index is 1.86. The van der Waals surface area contributed by atoms with Crippen LogP contribution in [-0.4, -0.2) is 0 Å². The highest BCUT2D eigenvalue weighted by molar-refractivity contribution is 6.01. The van der Waals surface area contributed by atoms with Gasteiger partial charge in [0.25, 0.3) is 0 Å². The quantitative estimate of drug-likeness (QED) is 0.339. The van der Waals surface area contributed by atoms with Crippen LogP contribution in [0.4, 0.5) is 0 Å². The predicted molar refractivity (Wildman–Crippen MR) is 99.2 cm³/mol. The predicted octanol–water partition coefficient (Wildman–Crippen LogP) is 6.98. The number of unbranched alkanes of at least 4 members (excludes halogenated alkanes) is 4. The Labute approximate surface area is 133 Å². The first-order valence-electron chi connectivity index (χ1n) is 8.46. The summed E-state index contributed by atoms with van der Waals surface area (Å²) in [6.45, 7) is 2.26. The van der Waals surface area contributed by atoms with Gasteiger partial charge in [0, 0.05) is 0 Å². The van der Waals surface area contributed by atoms with Gasteiger partial charge in [-0.2, -0.15) is 0 Å². The molecule has 3 rings (SSSR count). The van der Waals surface area contributed by atoms with Crippen molar-refractivity contribution < 1.29 is 0 Å². The molecule has 0 saturated carbocycles. The molecule has 0 atom stereocenters. The fraction of sp³-hybridized carbons (Fsp3) is 0.273. The standard InChI is InChI=1S/C22H24/c1-2-3-4-5-6-7-11-18-14-10-15-21-16-19-12-8-9-13-20(19)17-22(18)21/h7-17H,2-6H2,1H3. The fourth-order valence-electron chi connectivity index (χ4n) is 3.04. The molecule has 0 amide bonds. The number of hydrogen-bond donors (Lipinski definition) is 0. The zero-order chi connectivity index (χ0) is 15.2. The molecule has 0 heteroatoms. The Morgan fingerprint density at radius 2 is 1.55 bits per heavy atom. The van der Waals surface area contributed by atoms with E-state index in [-0.39, 0.29) is 0 Å². The van der Waals surface area contributed by atoms with E-state index in [0.29, 0.717) is 0 Å². The molecular weight excluding hydrogens is 264 g/mol. The van der Waals surface area contributed by atoms with Gasteiger partial charge >= 0.3 is 0 Å². The Morgan fingerprint density at radius 3 is 2.36 bits per heavy atom.